The second-order valence-electron chi connectivity index (χ2n) is 6.22. The van der Waals surface area contributed by atoms with Crippen LogP contribution in [0.15, 0.2) is 51.7 Å². The van der Waals surface area contributed by atoms with E-state index in [9.17, 15) is 22.8 Å². The molecule has 0 saturated heterocycles. The number of carbonyl (C=O) groups is 1. The average Bonchev–Trinajstić information content (AvgIpc) is 2.61. The van der Waals surface area contributed by atoms with E-state index in [-0.39, 0.29) is 18.6 Å². The molecule has 0 aliphatic carbocycles. The zero-order valence-corrected chi connectivity index (χ0v) is 15.4. The van der Waals surface area contributed by atoms with Gasteiger partial charge in [-0.2, -0.15) is 13.2 Å². The largest absolute Gasteiger partial charge is 0.461 e. The fourth-order valence-corrected chi connectivity index (χ4v) is 2.86. The standard InChI is InChI=1S/C20H14ClF3O4/c1-11-5-17-15(9-16(11)21)13(8-19(26)28-17)10-27-18(25)7-12-3-2-4-14(6-12)20(22,23)24/h2-6,8-9H,7,10H2,1H3. The van der Waals surface area contributed by atoms with E-state index < -0.39 is 23.3 Å². The molecule has 3 rings (SSSR count). The van der Waals surface area contributed by atoms with Crippen molar-refractivity contribution in [3.05, 3.63) is 80.2 Å². The van der Waals surface area contributed by atoms with Crippen LogP contribution in [0.4, 0.5) is 13.2 Å². The number of ether oxygens (including phenoxy) is 1. The first kappa shape index (κ1) is 19.9. The number of hydrogen-bond acceptors (Lipinski definition) is 4. The number of hydrogen-bond donors (Lipinski definition) is 0. The quantitative estimate of drug-likeness (QED) is 0.445. The summed E-state index contributed by atoms with van der Waals surface area (Å²) in [4.78, 5) is 23.8. The van der Waals surface area contributed by atoms with Gasteiger partial charge in [0.15, 0.2) is 0 Å². The molecule has 146 valence electrons. The summed E-state index contributed by atoms with van der Waals surface area (Å²) in [5, 5.41) is 0.972. The Morgan fingerprint density at radius 3 is 2.64 bits per heavy atom. The monoisotopic (exact) mass is 410 g/mol. The van der Waals surface area contributed by atoms with Gasteiger partial charge < -0.3 is 9.15 Å². The minimum Gasteiger partial charge on any atom is -0.461 e. The first-order chi connectivity index (χ1) is 13.1. The van der Waals surface area contributed by atoms with Crippen molar-refractivity contribution in [3.8, 4) is 0 Å². The van der Waals surface area contributed by atoms with Crippen LogP contribution in [-0.2, 0) is 28.7 Å². The topological polar surface area (TPSA) is 56.5 Å². The number of fused-ring (bicyclic) bond motifs is 1. The Bertz CT molecular complexity index is 1100. The van der Waals surface area contributed by atoms with Crippen molar-refractivity contribution >= 4 is 28.5 Å². The van der Waals surface area contributed by atoms with Gasteiger partial charge in [0.1, 0.15) is 12.2 Å². The Labute approximate surface area is 162 Å². The molecule has 1 aromatic heterocycles. The van der Waals surface area contributed by atoms with E-state index in [2.05, 4.69) is 0 Å². The molecule has 3 aromatic rings. The number of carbonyl (C=O) groups excluding carboxylic acids is 1. The maximum Gasteiger partial charge on any atom is 0.416 e. The van der Waals surface area contributed by atoms with Crippen LogP contribution in [-0.4, -0.2) is 5.97 Å². The van der Waals surface area contributed by atoms with Crippen LogP contribution in [0, 0.1) is 6.92 Å². The van der Waals surface area contributed by atoms with Crippen LogP contribution < -0.4 is 5.63 Å². The smallest absolute Gasteiger partial charge is 0.416 e. The normalized spacial score (nSPS) is 11.6. The molecular weight excluding hydrogens is 397 g/mol. The van der Waals surface area contributed by atoms with Crippen LogP contribution in [0.5, 0.6) is 0 Å². The summed E-state index contributed by atoms with van der Waals surface area (Å²) in [6.45, 7) is 1.52. The van der Waals surface area contributed by atoms with Gasteiger partial charge in [-0.3, -0.25) is 4.79 Å². The molecule has 0 spiro atoms. The third kappa shape index (κ3) is 4.54. The highest BCUT2D eigenvalue weighted by atomic mass is 35.5. The Morgan fingerprint density at radius 2 is 1.93 bits per heavy atom. The van der Waals surface area contributed by atoms with Crippen molar-refractivity contribution in [2.24, 2.45) is 0 Å². The molecule has 0 atom stereocenters. The third-order valence-electron chi connectivity index (χ3n) is 4.10. The summed E-state index contributed by atoms with van der Waals surface area (Å²) in [6.07, 6.45) is -4.82. The van der Waals surface area contributed by atoms with E-state index >= 15 is 0 Å². The molecule has 0 fully saturated rings. The average molecular weight is 411 g/mol. The lowest BCUT2D eigenvalue weighted by atomic mass is 10.1. The second-order valence-corrected chi connectivity index (χ2v) is 6.63. The van der Waals surface area contributed by atoms with E-state index in [0.29, 0.717) is 21.6 Å². The Kier molecular flexibility index (Phi) is 5.47. The van der Waals surface area contributed by atoms with Gasteiger partial charge >= 0.3 is 17.8 Å². The zero-order valence-electron chi connectivity index (χ0n) is 14.6. The summed E-state index contributed by atoms with van der Waals surface area (Å²) in [6, 6.07) is 8.85. The Balaban J connectivity index is 1.77. The van der Waals surface area contributed by atoms with E-state index in [0.717, 1.165) is 17.7 Å². The molecule has 0 amide bonds. The van der Waals surface area contributed by atoms with Gasteiger partial charge in [-0.25, -0.2) is 4.79 Å². The second kappa shape index (κ2) is 7.67. The van der Waals surface area contributed by atoms with Gasteiger partial charge in [0.05, 0.1) is 12.0 Å². The van der Waals surface area contributed by atoms with E-state index in [1.54, 1.807) is 19.1 Å². The van der Waals surface area contributed by atoms with Crippen LogP contribution in [0.1, 0.15) is 22.3 Å². The van der Waals surface area contributed by atoms with Gasteiger partial charge in [0.2, 0.25) is 0 Å². The maximum absolute atomic E-state index is 12.8. The number of alkyl halides is 3. The first-order valence-corrected chi connectivity index (χ1v) is 8.56. The van der Waals surface area contributed by atoms with E-state index in [1.165, 1.54) is 18.2 Å². The fraction of sp³-hybridized carbons (Fsp3) is 0.200. The van der Waals surface area contributed by atoms with Gasteiger partial charge in [0, 0.05) is 22.0 Å². The zero-order chi connectivity index (χ0) is 20.5. The summed E-state index contributed by atoms with van der Waals surface area (Å²) in [5.41, 5.74) is 0.142. The summed E-state index contributed by atoms with van der Waals surface area (Å²) >= 11 is 6.10. The van der Waals surface area contributed by atoms with Crippen LogP contribution in [0.25, 0.3) is 11.0 Å². The lowest BCUT2D eigenvalue weighted by Gasteiger charge is -2.10. The third-order valence-corrected chi connectivity index (χ3v) is 4.51. The highest BCUT2D eigenvalue weighted by Gasteiger charge is 2.30. The van der Waals surface area contributed by atoms with Crippen molar-refractivity contribution < 1.29 is 27.1 Å². The molecular formula is C20H14ClF3O4. The number of halogens is 4. The van der Waals surface area contributed by atoms with Crippen LogP contribution in [0.2, 0.25) is 5.02 Å². The van der Waals surface area contributed by atoms with Crippen LogP contribution in [0.3, 0.4) is 0 Å². The SMILES string of the molecule is Cc1cc2oc(=O)cc(COC(=O)Cc3cccc(C(F)(F)F)c3)c2cc1Cl. The minimum absolute atomic E-state index is 0.177. The fourth-order valence-electron chi connectivity index (χ4n) is 2.70. The molecule has 0 unspecified atom stereocenters. The lowest BCUT2D eigenvalue weighted by molar-refractivity contribution is -0.144. The number of benzene rings is 2. The highest BCUT2D eigenvalue weighted by Crippen LogP contribution is 2.30. The molecule has 0 aliphatic heterocycles. The summed E-state index contributed by atoms with van der Waals surface area (Å²) in [5.74, 6) is -0.723. The molecule has 0 radical (unpaired) electrons. The van der Waals surface area contributed by atoms with Gasteiger partial charge in [-0.05, 0) is 36.2 Å². The molecule has 28 heavy (non-hydrogen) atoms. The van der Waals surface area contributed by atoms with E-state index in [1.807, 2.05) is 0 Å². The lowest BCUT2D eigenvalue weighted by Crippen LogP contribution is -2.11. The number of esters is 1. The predicted molar refractivity (Wildman–Crippen MR) is 97.2 cm³/mol. The number of aryl methyl sites for hydroxylation is 1. The van der Waals surface area contributed by atoms with Gasteiger partial charge in [-0.15, -0.1) is 0 Å². The Hall–Kier alpha value is -2.80. The molecule has 0 bridgehead atoms. The van der Waals surface area contributed by atoms with E-state index in [4.69, 9.17) is 20.8 Å². The molecule has 0 N–H and O–H groups in total. The van der Waals surface area contributed by atoms with Crippen molar-refractivity contribution in [2.75, 3.05) is 0 Å². The highest BCUT2D eigenvalue weighted by molar-refractivity contribution is 6.32. The van der Waals surface area contributed by atoms with Gasteiger partial charge in [-0.1, -0.05) is 29.8 Å². The van der Waals surface area contributed by atoms with Crippen molar-refractivity contribution in [3.63, 3.8) is 0 Å². The molecule has 4 nitrogen and oxygen atoms in total. The van der Waals surface area contributed by atoms with Gasteiger partial charge in [0.25, 0.3) is 0 Å². The molecule has 0 saturated carbocycles. The first-order valence-electron chi connectivity index (χ1n) is 8.18. The minimum atomic E-state index is -4.49. The van der Waals surface area contributed by atoms with Crippen molar-refractivity contribution in [1.29, 1.82) is 0 Å². The maximum atomic E-state index is 12.8. The van der Waals surface area contributed by atoms with Crippen molar-refractivity contribution in [2.45, 2.75) is 26.1 Å². The predicted octanol–water partition coefficient (Wildman–Crippen LogP) is 5.06. The molecule has 8 heteroatoms. The Morgan fingerprint density at radius 1 is 1.18 bits per heavy atom. The summed E-state index contributed by atoms with van der Waals surface area (Å²) < 4.78 is 48.5. The number of rotatable bonds is 4. The van der Waals surface area contributed by atoms with Crippen molar-refractivity contribution in [1.82, 2.24) is 0 Å². The summed E-state index contributed by atoms with van der Waals surface area (Å²) in [7, 11) is 0. The molecule has 1 heterocycles. The molecule has 0 aliphatic rings. The molecule has 2 aromatic carbocycles. The van der Waals surface area contributed by atoms with Crippen LogP contribution >= 0.6 is 11.6 Å².